The van der Waals surface area contributed by atoms with Crippen molar-refractivity contribution in [3.63, 3.8) is 0 Å². The summed E-state index contributed by atoms with van der Waals surface area (Å²) in [6.07, 6.45) is 15.7. The number of hydrogen-bond donors (Lipinski definition) is 0. The van der Waals surface area contributed by atoms with Crippen LogP contribution in [0.5, 0.6) is 0 Å². The topological polar surface area (TPSA) is 32.6 Å². The van der Waals surface area contributed by atoms with Gasteiger partial charge in [0.1, 0.15) is 17.5 Å². The molecule has 0 spiro atoms. The molecule has 3 heteroatoms. The SMILES string of the molecule is C[n+]1cn(CC#N)c(C2CCCCC2)c1C1CCCCC1. The Kier molecular flexibility index (Phi) is 4.63. The van der Waals surface area contributed by atoms with Crippen molar-refractivity contribution in [1.29, 1.82) is 5.26 Å². The third kappa shape index (κ3) is 3.00. The first-order valence-electron chi connectivity index (χ1n) is 8.76. The minimum atomic E-state index is 0.506. The summed E-state index contributed by atoms with van der Waals surface area (Å²) >= 11 is 0. The Hall–Kier alpha value is -1.30. The second-order valence-electron chi connectivity index (χ2n) is 6.95. The van der Waals surface area contributed by atoms with Crippen LogP contribution in [0.2, 0.25) is 0 Å². The van der Waals surface area contributed by atoms with E-state index in [1.807, 2.05) is 0 Å². The van der Waals surface area contributed by atoms with Gasteiger partial charge in [-0.3, -0.25) is 0 Å². The van der Waals surface area contributed by atoms with Crippen LogP contribution >= 0.6 is 0 Å². The molecular weight excluding hydrogens is 258 g/mol. The average molecular weight is 286 g/mol. The number of nitriles is 1. The Morgan fingerprint density at radius 2 is 1.62 bits per heavy atom. The molecule has 3 nitrogen and oxygen atoms in total. The van der Waals surface area contributed by atoms with Gasteiger partial charge in [0.2, 0.25) is 6.33 Å². The largest absolute Gasteiger partial charge is 0.244 e. The predicted molar refractivity (Wildman–Crippen MR) is 82.9 cm³/mol. The zero-order valence-electron chi connectivity index (χ0n) is 13.4. The number of hydrogen-bond acceptors (Lipinski definition) is 1. The Balaban J connectivity index is 1.98. The number of aryl methyl sites for hydroxylation is 1. The fourth-order valence-electron chi connectivity index (χ4n) is 4.56. The lowest BCUT2D eigenvalue weighted by molar-refractivity contribution is -0.680. The molecule has 1 aromatic rings. The molecule has 0 aliphatic heterocycles. The van der Waals surface area contributed by atoms with Crippen molar-refractivity contribution in [2.24, 2.45) is 7.05 Å². The van der Waals surface area contributed by atoms with Crippen LogP contribution in [-0.2, 0) is 13.6 Å². The quantitative estimate of drug-likeness (QED) is 0.775. The van der Waals surface area contributed by atoms with E-state index in [2.05, 4.69) is 28.6 Å². The molecular formula is C18H28N3+. The van der Waals surface area contributed by atoms with E-state index in [0.29, 0.717) is 12.5 Å². The zero-order chi connectivity index (χ0) is 14.7. The maximum Gasteiger partial charge on any atom is 0.244 e. The van der Waals surface area contributed by atoms with Gasteiger partial charge in [0.15, 0.2) is 6.54 Å². The highest BCUT2D eigenvalue weighted by molar-refractivity contribution is 5.20. The normalized spacial score (nSPS) is 21.3. The zero-order valence-corrected chi connectivity index (χ0v) is 13.4. The molecule has 0 aromatic carbocycles. The van der Waals surface area contributed by atoms with Crippen molar-refractivity contribution in [3.8, 4) is 6.07 Å². The highest BCUT2D eigenvalue weighted by atomic mass is 15.1. The fourth-order valence-corrected chi connectivity index (χ4v) is 4.56. The van der Waals surface area contributed by atoms with Crippen LogP contribution in [0.4, 0.5) is 0 Å². The van der Waals surface area contributed by atoms with Gasteiger partial charge in [-0.25, -0.2) is 9.13 Å². The predicted octanol–water partition coefficient (Wildman–Crippen LogP) is 3.93. The van der Waals surface area contributed by atoms with E-state index < -0.39 is 0 Å². The van der Waals surface area contributed by atoms with Gasteiger partial charge >= 0.3 is 0 Å². The van der Waals surface area contributed by atoms with E-state index in [1.54, 1.807) is 5.69 Å². The molecule has 2 fully saturated rings. The lowest BCUT2D eigenvalue weighted by atomic mass is 9.80. The van der Waals surface area contributed by atoms with Crippen LogP contribution < -0.4 is 4.57 Å². The molecule has 0 amide bonds. The summed E-state index contributed by atoms with van der Waals surface area (Å²) in [6, 6.07) is 2.36. The highest BCUT2D eigenvalue weighted by Crippen LogP contribution is 2.39. The third-order valence-electron chi connectivity index (χ3n) is 5.49. The van der Waals surface area contributed by atoms with Crippen LogP contribution in [0, 0.1) is 11.3 Å². The minimum absolute atomic E-state index is 0.506. The minimum Gasteiger partial charge on any atom is -0.236 e. The Morgan fingerprint density at radius 3 is 2.19 bits per heavy atom. The van der Waals surface area contributed by atoms with Crippen molar-refractivity contribution < 1.29 is 4.57 Å². The maximum atomic E-state index is 9.17. The third-order valence-corrected chi connectivity index (χ3v) is 5.49. The lowest BCUT2D eigenvalue weighted by Gasteiger charge is -2.25. The van der Waals surface area contributed by atoms with Gasteiger partial charge in [0, 0.05) is 11.8 Å². The highest BCUT2D eigenvalue weighted by Gasteiger charge is 2.34. The molecule has 0 radical (unpaired) electrons. The van der Waals surface area contributed by atoms with E-state index in [9.17, 15) is 5.26 Å². The van der Waals surface area contributed by atoms with Gasteiger partial charge in [-0.05, 0) is 25.7 Å². The first-order valence-corrected chi connectivity index (χ1v) is 8.76. The van der Waals surface area contributed by atoms with E-state index in [0.717, 1.165) is 5.92 Å². The molecule has 0 saturated heterocycles. The van der Waals surface area contributed by atoms with Gasteiger partial charge in [-0.2, -0.15) is 5.26 Å². The molecule has 0 bridgehead atoms. The smallest absolute Gasteiger partial charge is 0.236 e. The van der Waals surface area contributed by atoms with E-state index >= 15 is 0 Å². The summed E-state index contributed by atoms with van der Waals surface area (Å²) in [6.45, 7) is 0.506. The van der Waals surface area contributed by atoms with Gasteiger partial charge in [-0.1, -0.05) is 38.5 Å². The second-order valence-corrected chi connectivity index (χ2v) is 6.95. The summed E-state index contributed by atoms with van der Waals surface area (Å²) < 4.78 is 4.58. The van der Waals surface area contributed by atoms with Crippen LogP contribution in [0.1, 0.15) is 87.4 Å². The van der Waals surface area contributed by atoms with Crippen molar-refractivity contribution >= 4 is 0 Å². The van der Waals surface area contributed by atoms with Crippen LogP contribution in [-0.4, -0.2) is 4.57 Å². The lowest BCUT2D eigenvalue weighted by Crippen LogP contribution is -2.33. The summed E-state index contributed by atoms with van der Waals surface area (Å²) in [4.78, 5) is 0. The molecule has 2 aliphatic rings. The monoisotopic (exact) mass is 286 g/mol. The molecule has 114 valence electrons. The maximum absolute atomic E-state index is 9.17. The second kappa shape index (κ2) is 6.64. The standard InChI is InChI=1S/C18H28N3/c1-20-14-21(13-12-19)18(16-10-6-3-7-11-16)17(20)15-8-4-2-5-9-15/h14-16H,2-11,13H2,1H3/q+1. The van der Waals surface area contributed by atoms with E-state index in [-0.39, 0.29) is 0 Å². The van der Waals surface area contributed by atoms with Crippen molar-refractivity contribution in [2.75, 3.05) is 0 Å². The van der Waals surface area contributed by atoms with Gasteiger partial charge in [-0.15, -0.1) is 0 Å². The van der Waals surface area contributed by atoms with Crippen LogP contribution in [0.3, 0.4) is 0 Å². The number of nitrogens with zero attached hydrogens (tertiary/aromatic N) is 3. The fraction of sp³-hybridized carbons (Fsp3) is 0.778. The number of imidazole rings is 1. The van der Waals surface area contributed by atoms with Crippen molar-refractivity contribution in [1.82, 2.24) is 4.57 Å². The molecule has 0 N–H and O–H groups in total. The van der Waals surface area contributed by atoms with Gasteiger partial charge in [0.05, 0.1) is 7.05 Å². The van der Waals surface area contributed by atoms with Crippen molar-refractivity contribution in [3.05, 3.63) is 17.7 Å². The molecule has 2 aliphatic carbocycles. The first kappa shape index (κ1) is 14.6. The van der Waals surface area contributed by atoms with E-state index in [1.165, 1.54) is 69.9 Å². The molecule has 1 heterocycles. The summed E-state index contributed by atoms with van der Waals surface area (Å²) in [5.41, 5.74) is 3.06. The van der Waals surface area contributed by atoms with Crippen molar-refractivity contribution in [2.45, 2.75) is 82.6 Å². The summed E-state index contributed by atoms with van der Waals surface area (Å²) in [5, 5.41) is 9.17. The molecule has 2 saturated carbocycles. The molecule has 0 atom stereocenters. The Bertz CT molecular complexity index is 511. The number of rotatable bonds is 3. The van der Waals surface area contributed by atoms with E-state index in [4.69, 9.17) is 0 Å². The molecule has 3 rings (SSSR count). The Labute approximate surface area is 128 Å². The molecule has 1 aromatic heterocycles. The van der Waals surface area contributed by atoms with Crippen LogP contribution in [0.15, 0.2) is 6.33 Å². The molecule has 0 unspecified atom stereocenters. The Morgan fingerprint density at radius 1 is 1.05 bits per heavy atom. The average Bonchev–Trinajstić information content (AvgIpc) is 2.86. The number of aromatic nitrogens is 2. The van der Waals surface area contributed by atoms with Crippen LogP contribution in [0.25, 0.3) is 0 Å². The molecule has 21 heavy (non-hydrogen) atoms. The summed E-state index contributed by atoms with van der Waals surface area (Å²) in [7, 11) is 2.18. The first-order chi connectivity index (χ1) is 10.3. The van der Waals surface area contributed by atoms with Gasteiger partial charge < -0.3 is 0 Å². The van der Waals surface area contributed by atoms with Gasteiger partial charge in [0.25, 0.3) is 0 Å². The summed E-state index contributed by atoms with van der Waals surface area (Å²) in [5.74, 6) is 1.41.